The number of hydrogen-bond acceptors (Lipinski definition) is 3. The molecule has 0 atom stereocenters. The van der Waals surface area contributed by atoms with Crippen molar-refractivity contribution in [1.82, 2.24) is 0 Å². The lowest BCUT2D eigenvalue weighted by molar-refractivity contribution is 0.404. The summed E-state index contributed by atoms with van der Waals surface area (Å²) in [6.07, 6.45) is 0.452. The third-order valence-corrected chi connectivity index (χ3v) is 2.40. The highest BCUT2D eigenvalue weighted by Crippen LogP contribution is 2.35. The van der Waals surface area contributed by atoms with Crippen LogP contribution in [0, 0.1) is 0 Å². The van der Waals surface area contributed by atoms with Gasteiger partial charge in [0.05, 0.1) is 31.6 Å². The summed E-state index contributed by atoms with van der Waals surface area (Å²) in [6, 6.07) is 3.40. The summed E-state index contributed by atoms with van der Waals surface area (Å²) in [5.41, 5.74) is 0.747. The van der Waals surface area contributed by atoms with E-state index in [1.54, 1.807) is 26.4 Å². The summed E-state index contributed by atoms with van der Waals surface area (Å²) >= 11 is 5.95. The Labute approximate surface area is 99.5 Å². The molecule has 0 bridgehead atoms. The Morgan fingerprint density at radius 3 is 2.50 bits per heavy atom. The van der Waals surface area contributed by atoms with E-state index in [1.807, 2.05) is 0 Å². The summed E-state index contributed by atoms with van der Waals surface area (Å²) in [5.74, 6) is 1.18. The molecule has 3 nitrogen and oxygen atoms in total. The third kappa shape index (κ3) is 3.17. The third-order valence-electron chi connectivity index (χ3n) is 2.10. The molecule has 0 aromatic heterocycles. The molecule has 0 amide bonds. The van der Waals surface area contributed by atoms with Crippen molar-refractivity contribution in [2.45, 2.75) is 6.42 Å². The molecule has 0 aliphatic heterocycles. The quantitative estimate of drug-likeness (QED) is 0.784. The number of nitrogens with one attached hydrogen (secondary N) is 1. The van der Waals surface area contributed by atoms with Crippen LogP contribution in [0.15, 0.2) is 12.1 Å². The van der Waals surface area contributed by atoms with Crippen molar-refractivity contribution in [2.75, 3.05) is 32.8 Å². The van der Waals surface area contributed by atoms with E-state index in [0.29, 0.717) is 29.5 Å². The van der Waals surface area contributed by atoms with E-state index in [2.05, 4.69) is 5.32 Å². The van der Waals surface area contributed by atoms with Crippen molar-refractivity contribution in [3.63, 3.8) is 0 Å². The van der Waals surface area contributed by atoms with Crippen LogP contribution in [0.4, 0.5) is 10.1 Å². The molecule has 0 heterocycles. The topological polar surface area (TPSA) is 30.5 Å². The Balaban J connectivity index is 2.86. The van der Waals surface area contributed by atoms with E-state index in [-0.39, 0.29) is 6.67 Å². The SMILES string of the molecule is COc1cc(NCCCF)c(OC)cc1Cl. The van der Waals surface area contributed by atoms with Crippen LogP contribution < -0.4 is 14.8 Å². The Morgan fingerprint density at radius 1 is 1.25 bits per heavy atom. The van der Waals surface area contributed by atoms with Crippen LogP contribution in [0.2, 0.25) is 5.02 Å². The first-order chi connectivity index (χ1) is 7.72. The number of halogens is 2. The minimum Gasteiger partial charge on any atom is -0.495 e. The van der Waals surface area contributed by atoms with Crippen LogP contribution >= 0.6 is 11.6 Å². The summed E-state index contributed by atoms with van der Waals surface area (Å²) in [5, 5.41) is 3.55. The van der Waals surface area contributed by atoms with Gasteiger partial charge in [-0.15, -0.1) is 0 Å². The van der Waals surface area contributed by atoms with Crippen LogP contribution in [0.25, 0.3) is 0 Å². The fourth-order valence-corrected chi connectivity index (χ4v) is 1.52. The fourth-order valence-electron chi connectivity index (χ4n) is 1.29. The molecule has 0 fully saturated rings. The van der Waals surface area contributed by atoms with Crippen molar-refractivity contribution in [3.05, 3.63) is 17.2 Å². The van der Waals surface area contributed by atoms with Gasteiger partial charge in [0.2, 0.25) is 0 Å². The van der Waals surface area contributed by atoms with Crippen molar-refractivity contribution in [1.29, 1.82) is 0 Å². The van der Waals surface area contributed by atoms with Crippen molar-refractivity contribution in [3.8, 4) is 11.5 Å². The molecule has 0 saturated heterocycles. The van der Waals surface area contributed by atoms with Gasteiger partial charge in [-0.05, 0) is 6.42 Å². The lowest BCUT2D eigenvalue weighted by Gasteiger charge is -2.13. The maximum Gasteiger partial charge on any atom is 0.143 e. The highest BCUT2D eigenvalue weighted by Gasteiger charge is 2.09. The monoisotopic (exact) mass is 247 g/mol. The zero-order valence-corrected chi connectivity index (χ0v) is 10.1. The van der Waals surface area contributed by atoms with Gasteiger partial charge in [0.25, 0.3) is 0 Å². The zero-order chi connectivity index (χ0) is 12.0. The minimum atomic E-state index is -0.347. The Hall–Kier alpha value is -1.16. The van der Waals surface area contributed by atoms with Crippen LogP contribution in [-0.2, 0) is 0 Å². The van der Waals surface area contributed by atoms with Gasteiger partial charge in [0.1, 0.15) is 11.5 Å². The van der Waals surface area contributed by atoms with Gasteiger partial charge in [0.15, 0.2) is 0 Å². The largest absolute Gasteiger partial charge is 0.495 e. The van der Waals surface area contributed by atoms with E-state index in [1.165, 1.54) is 0 Å². The van der Waals surface area contributed by atoms with E-state index >= 15 is 0 Å². The van der Waals surface area contributed by atoms with Gasteiger partial charge in [-0.3, -0.25) is 4.39 Å². The first-order valence-electron chi connectivity index (χ1n) is 4.94. The number of rotatable bonds is 6. The van der Waals surface area contributed by atoms with E-state index in [4.69, 9.17) is 21.1 Å². The van der Waals surface area contributed by atoms with Crippen LogP contribution in [0.5, 0.6) is 11.5 Å². The number of benzene rings is 1. The molecular weight excluding hydrogens is 233 g/mol. The number of methoxy groups -OCH3 is 2. The second-order valence-corrected chi connectivity index (χ2v) is 3.56. The van der Waals surface area contributed by atoms with Crippen LogP contribution in [0.3, 0.4) is 0 Å². The van der Waals surface area contributed by atoms with Gasteiger partial charge >= 0.3 is 0 Å². The Morgan fingerprint density at radius 2 is 1.94 bits per heavy atom. The van der Waals surface area contributed by atoms with Crippen molar-refractivity contribution >= 4 is 17.3 Å². The summed E-state index contributed by atoms with van der Waals surface area (Å²) < 4.78 is 22.2. The standard InChI is InChI=1S/C11H15ClFNO2/c1-15-10-7-9(14-5-3-4-13)11(16-2)6-8(10)12/h6-7,14H,3-5H2,1-2H3. The number of ether oxygens (including phenoxy) is 2. The molecule has 1 aromatic rings. The first kappa shape index (κ1) is 12.9. The predicted molar refractivity (Wildman–Crippen MR) is 63.6 cm³/mol. The zero-order valence-electron chi connectivity index (χ0n) is 9.35. The number of alkyl halides is 1. The molecular formula is C11H15ClFNO2. The number of anilines is 1. The molecule has 0 unspecified atom stereocenters. The molecule has 5 heteroatoms. The molecule has 16 heavy (non-hydrogen) atoms. The summed E-state index contributed by atoms with van der Waals surface area (Å²) in [7, 11) is 3.09. The van der Waals surface area contributed by atoms with Gasteiger partial charge in [-0.25, -0.2) is 0 Å². The van der Waals surface area contributed by atoms with E-state index in [9.17, 15) is 4.39 Å². The minimum absolute atomic E-state index is 0.347. The molecule has 1 N–H and O–H groups in total. The normalized spacial score (nSPS) is 10.0. The van der Waals surface area contributed by atoms with E-state index < -0.39 is 0 Å². The molecule has 1 rings (SSSR count). The molecule has 1 aromatic carbocycles. The second-order valence-electron chi connectivity index (χ2n) is 3.16. The molecule has 0 aliphatic carbocycles. The maximum absolute atomic E-state index is 12.0. The fraction of sp³-hybridized carbons (Fsp3) is 0.455. The Kier molecular flexibility index (Phi) is 5.19. The Bertz CT molecular complexity index is 347. The number of hydrogen-bond donors (Lipinski definition) is 1. The summed E-state index contributed by atoms with van der Waals surface area (Å²) in [6.45, 7) is 0.192. The van der Waals surface area contributed by atoms with E-state index in [0.717, 1.165) is 5.69 Å². The van der Waals surface area contributed by atoms with Crippen molar-refractivity contribution in [2.24, 2.45) is 0 Å². The van der Waals surface area contributed by atoms with Crippen LogP contribution in [-0.4, -0.2) is 27.4 Å². The average Bonchev–Trinajstić information content (AvgIpc) is 2.30. The lowest BCUT2D eigenvalue weighted by Crippen LogP contribution is -2.04. The first-order valence-corrected chi connectivity index (χ1v) is 5.32. The predicted octanol–water partition coefficient (Wildman–Crippen LogP) is 3.13. The molecule has 0 saturated carbocycles. The average molecular weight is 248 g/mol. The lowest BCUT2D eigenvalue weighted by atomic mass is 10.2. The highest BCUT2D eigenvalue weighted by atomic mass is 35.5. The maximum atomic E-state index is 12.0. The smallest absolute Gasteiger partial charge is 0.143 e. The van der Waals surface area contributed by atoms with Gasteiger partial charge < -0.3 is 14.8 Å². The molecule has 0 aliphatic rings. The molecule has 0 spiro atoms. The van der Waals surface area contributed by atoms with Crippen LogP contribution in [0.1, 0.15) is 6.42 Å². The van der Waals surface area contributed by atoms with Gasteiger partial charge in [0, 0.05) is 18.7 Å². The summed E-state index contributed by atoms with van der Waals surface area (Å²) in [4.78, 5) is 0. The van der Waals surface area contributed by atoms with Crippen molar-refractivity contribution < 1.29 is 13.9 Å². The molecule has 0 radical (unpaired) electrons. The molecule has 90 valence electrons. The highest BCUT2D eigenvalue weighted by molar-refractivity contribution is 6.32. The van der Waals surface area contributed by atoms with Gasteiger partial charge in [-0.2, -0.15) is 0 Å². The second kappa shape index (κ2) is 6.43. The van der Waals surface area contributed by atoms with Gasteiger partial charge in [-0.1, -0.05) is 11.6 Å².